The van der Waals surface area contributed by atoms with E-state index in [4.69, 9.17) is 4.74 Å². The van der Waals surface area contributed by atoms with Crippen LogP contribution in [0.1, 0.15) is 0 Å². The molecule has 3 rings (SSSR count). The third kappa shape index (κ3) is 2.91. The first-order valence-electron chi connectivity index (χ1n) is 7.02. The van der Waals surface area contributed by atoms with Crippen LogP contribution in [0.3, 0.4) is 0 Å². The SMILES string of the molecule is COc1ccccc1N1CCN(c2ccnc(F)c2)CC1. The Balaban J connectivity index is 1.70. The van der Waals surface area contributed by atoms with Gasteiger partial charge in [0.15, 0.2) is 0 Å². The maximum atomic E-state index is 13.2. The van der Waals surface area contributed by atoms with Crippen LogP contribution >= 0.6 is 0 Å². The highest BCUT2D eigenvalue weighted by molar-refractivity contribution is 5.59. The fourth-order valence-corrected chi connectivity index (χ4v) is 2.69. The summed E-state index contributed by atoms with van der Waals surface area (Å²) in [5, 5.41) is 0. The molecule has 1 aromatic carbocycles. The number of pyridine rings is 1. The number of hydrogen-bond acceptors (Lipinski definition) is 4. The molecule has 2 aromatic rings. The Bertz CT molecular complexity index is 612. The molecule has 0 aliphatic carbocycles. The molecule has 1 aliphatic rings. The Morgan fingerprint density at radius 2 is 1.76 bits per heavy atom. The Morgan fingerprint density at radius 1 is 1.05 bits per heavy atom. The van der Waals surface area contributed by atoms with E-state index in [-0.39, 0.29) is 0 Å². The minimum absolute atomic E-state index is 0.431. The van der Waals surface area contributed by atoms with Crippen LogP contribution in [0.2, 0.25) is 0 Å². The summed E-state index contributed by atoms with van der Waals surface area (Å²) < 4.78 is 18.6. The third-order valence-corrected chi connectivity index (χ3v) is 3.78. The van der Waals surface area contributed by atoms with Gasteiger partial charge in [-0.1, -0.05) is 12.1 Å². The van der Waals surface area contributed by atoms with Crippen molar-refractivity contribution in [2.24, 2.45) is 0 Å². The van der Waals surface area contributed by atoms with Crippen molar-refractivity contribution in [3.8, 4) is 5.75 Å². The molecule has 1 aliphatic heterocycles. The second-order valence-electron chi connectivity index (χ2n) is 4.98. The van der Waals surface area contributed by atoms with E-state index in [1.165, 1.54) is 12.3 Å². The summed E-state index contributed by atoms with van der Waals surface area (Å²) in [5.41, 5.74) is 2.00. The van der Waals surface area contributed by atoms with E-state index < -0.39 is 5.95 Å². The van der Waals surface area contributed by atoms with Gasteiger partial charge in [0.2, 0.25) is 5.95 Å². The third-order valence-electron chi connectivity index (χ3n) is 3.78. The van der Waals surface area contributed by atoms with Crippen molar-refractivity contribution >= 4 is 11.4 Å². The molecule has 0 spiro atoms. The number of halogens is 1. The summed E-state index contributed by atoms with van der Waals surface area (Å²) in [5.74, 6) is 0.459. The summed E-state index contributed by atoms with van der Waals surface area (Å²) >= 11 is 0. The molecular weight excluding hydrogens is 269 g/mol. The Kier molecular flexibility index (Phi) is 3.90. The molecule has 0 saturated carbocycles. The summed E-state index contributed by atoms with van der Waals surface area (Å²) in [6.45, 7) is 3.46. The zero-order valence-electron chi connectivity index (χ0n) is 12.0. The first kappa shape index (κ1) is 13.7. The van der Waals surface area contributed by atoms with Crippen molar-refractivity contribution in [1.29, 1.82) is 0 Å². The number of ether oxygens (including phenoxy) is 1. The van der Waals surface area contributed by atoms with Gasteiger partial charge in [-0.25, -0.2) is 4.98 Å². The smallest absolute Gasteiger partial charge is 0.214 e. The largest absolute Gasteiger partial charge is 0.495 e. The van der Waals surface area contributed by atoms with E-state index in [2.05, 4.69) is 20.9 Å². The number of anilines is 2. The van der Waals surface area contributed by atoms with E-state index in [1.54, 1.807) is 7.11 Å². The van der Waals surface area contributed by atoms with Gasteiger partial charge >= 0.3 is 0 Å². The quantitative estimate of drug-likeness (QED) is 0.811. The second kappa shape index (κ2) is 5.99. The minimum atomic E-state index is -0.431. The van der Waals surface area contributed by atoms with Crippen molar-refractivity contribution in [1.82, 2.24) is 4.98 Å². The van der Waals surface area contributed by atoms with Gasteiger partial charge in [-0.3, -0.25) is 0 Å². The second-order valence-corrected chi connectivity index (χ2v) is 4.98. The topological polar surface area (TPSA) is 28.6 Å². The van der Waals surface area contributed by atoms with Crippen molar-refractivity contribution in [3.05, 3.63) is 48.5 Å². The summed E-state index contributed by atoms with van der Waals surface area (Å²) in [4.78, 5) is 8.08. The molecule has 2 heterocycles. The van der Waals surface area contributed by atoms with Gasteiger partial charge < -0.3 is 14.5 Å². The summed E-state index contributed by atoms with van der Waals surface area (Å²) in [7, 11) is 1.69. The Hall–Kier alpha value is -2.30. The lowest BCUT2D eigenvalue weighted by molar-refractivity contribution is 0.413. The number of nitrogens with zero attached hydrogens (tertiary/aromatic N) is 3. The van der Waals surface area contributed by atoms with Crippen LogP contribution in [0.5, 0.6) is 5.75 Å². The molecular formula is C16H18FN3O. The molecule has 21 heavy (non-hydrogen) atoms. The average Bonchev–Trinajstić information content (AvgIpc) is 2.55. The van der Waals surface area contributed by atoms with Crippen LogP contribution in [0, 0.1) is 5.95 Å². The molecule has 110 valence electrons. The highest BCUT2D eigenvalue weighted by Gasteiger charge is 2.19. The van der Waals surface area contributed by atoms with Crippen LogP contribution in [0.4, 0.5) is 15.8 Å². The normalized spacial score (nSPS) is 15.1. The van der Waals surface area contributed by atoms with E-state index in [0.29, 0.717) is 0 Å². The predicted octanol–water partition coefficient (Wildman–Crippen LogP) is 2.56. The van der Waals surface area contributed by atoms with Gasteiger partial charge in [0.1, 0.15) is 5.75 Å². The molecule has 0 radical (unpaired) electrons. The molecule has 0 atom stereocenters. The van der Waals surface area contributed by atoms with Crippen LogP contribution in [0.25, 0.3) is 0 Å². The van der Waals surface area contributed by atoms with Gasteiger partial charge in [-0.05, 0) is 18.2 Å². The van der Waals surface area contributed by atoms with Crippen molar-refractivity contribution in [3.63, 3.8) is 0 Å². The molecule has 1 aromatic heterocycles. The summed E-state index contributed by atoms with van der Waals surface area (Å²) in [6, 6.07) is 11.4. The number of benzene rings is 1. The van der Waals surface area contributed by atoms with Gasteiger partial charge in [0, 0.05) is 44.1 Å². The number of methoxy groups -OCH3 is 1. The van der Waals surface area contributed by atoms with Crippen molar-refractivity contribution in [2.75, 3.05) is 43.1 Å². The van der Waals surface area contributed by atoms with Gasteiger partial charge in [0.25, 0.3) is 0 Å². The lowest BCUT2D eigenvalue weighted by Crippen LogP contribution is -2.46. The number of para-hydroxylation sites is 2. The standard InChI is InChI=1S/C16H18FN3O/c1-21-15-5-3-2-4-14(15)20-10-8-19(9-11-20)13-6-7-18-16(17)12-13/h2-7,12H,8-11H2,1H3. The van der Waals surface area contributed by atoms with E-state index in [9.17, 15) is 4.39 Å². The Labute approximate surface area is 123 Å². The molecule has 1 fully saturated rings. The zero-order chi connectivity index (χ0) is 14.7. The first-order valence-corrected chi connectivity index (χ1v) is 7.02. The van der Waals surface area contributed by atoms with Crippen LogP contribution < -0.4 is 14.5 Å². The highest BCUT2D eigenvalue weighted by Crippen LogP contribution is 2.29. The molecule has 0 bridgehead atoms. The first-order chi connectivity index (χ1) is 10.3. The van der Waals surface area contributed by atoms with Crippen molar-refractivity contribution in [2.45, 2.75) is 0 Å². The highest BCUT2D eigenvalue weighted by atomic mass is 19.1. The fourth-order valence-electron chi connectivity index (χ4n) is 2.69. The fraction of sp³-hybridized carbons (Fsp3) is 0.312. The van der Waals surface area contributed by atoms with Gasteiger partial charge in [0.05, 0.1) is 12.8 Å². The molecule has 4 nitrogen and oxygen atoms in total. The number of hydrogen-bond donors (Lipinski definition) is 0. The van der Waals surface area contributed by atoms with E-state index in [1.807, 2.05) is 24.3 Å². The minimum Gasteiger partial charge on any atom is -0.495 e. The van der Waals surface area contributed by atoms with E-state index >= 15 is 0 Å². The molecule has 0 unspecified atom stereocenters. The number of rotatable bonds is 3. The van der Waals surface area contributed by atoms with Gasteiger partial charge in [-0.15, -0.1) is 0 Å². The maximum absolute atomic E-state index is 13.2. The molecule has 0 amide bonds. The lowest BCUT2D eigenvalue weighted by Gasteiger charge is -2.37. The maximum Gasteiger partial charge on any atom is 0.214 e. The van der Waals surface area contributed by atoms with Crippen LogP contribution in [0.15, 0.2) is 42.6 Å². The number of piperazine rings is 1. The molecule has 5 heteroatoms. The molecule has 1 saturated heterocycles. The van der Waals surface area contributed by atoms with Crippen molar-refractivity contribution < 1.29 is 9.13 Å². The molecule has 0 N–H and O–H groups in total. The lowest BCUT2D eigenvalue weighted by atomic mass is 10.2. The summed E-state index contributed by atoms with van der Waals surface area (Å²) in [6.07, 6.45) is 1.51. The van der Waals surface area contributed by atoms with Crippen LogP contribution in [-0.2, 0) is 0 Å². The Morgan fingerprint density at radius 3 is 2.48 bits per heavy atom. The zero-order valence-corrected chi connectivity index (χ0v) is 12.0. The monoisotopic (exact) mass is 287 g/mol. The average molecular weight is 287 g/mol. The van der Waals surface area contributed by atoms with Crippen LogP contribution in [-0.4, -0.2) is 38.3 Å². The predicted molar refractivity (Wildman–Crippen MR) is 81.6 cm³/mol. The number of aromatic nitrogens is 1. The van der Waals surface area contributed by atoms with E-state index in [0.717, 1.165) is 43.3 Å². The van der Waals surface area contributed by atoms with Gasteiger partial charge in [-0.2, -0.15) is 4.39 Å².